The number of nitrogens with two attached hydrogens (primary N) is 1. The molecule has 4 N–H and O–H groups in total. The summed E-state index contributed by atoms with van der Waals surface area (Å²) in [5, 5.41) is 11.6. The molecule has 14 heavy (non-hydrogen) atoms. The number of hydrogen-bond acceptors (Lipinski definition) is 2. The van der Waals surface area contributed by atoms with Gasteiger partial charge in [0.1, 0.15) is 0 Å². The summed E-state index contributed by atoms with van der Waals surface area (Å²) in [6, 6.07) is 6.52. The number of thiocarbonyl (C=S) groups is 1. The molecule has 0 saturated carbocycles. The summed E-state index contributed by atoms with van der Waals surface area (Å²) < 4.78 is 0. The van der Waals surface area contributed by atoms with Crippen LogP contribution in [0.1, 0.15) is 15.9 Å². The molecule has 1 aromatic carbocycles. The van der Waals surface area contributed by atoms with E-state index in [1.54, 1.807) is 24.3 Å². The standard InChI is InChI=1S/C9H10N2O2S/c10-9(14)11-5-6-1-3-7(4-2-6)8(12)13/h1-4H,5H2,(H,12,13)(H3,10,11,14). The maximum Gasteiger partial charge on any atom is 0.335 e. The number of benzene rings is 1. The van der Waals surface area contributed by atoms with Crippen LogP contribution in [0.4, 0.5) is 0 Å². The third-order valence-corrected chi connectivity index (χ3v) is 1.81. The van der Waals surface area contributed by atoms with Crippen LogP contribution in [0.3, 0.4) is 0 Å². The molecule has 5 heteroatoms. The van der Waals surface area contributed by atoms with Crippen LogP contribution in [0.15, 0.2) is 24.3 Å². The Labute approximate surface area is 86.7 Å². The van der Waals surface area contributed by atoms with Crippen molar-refractivity contribution in [2.24, 2.45) is 5.73 Å². The van der Waals surface area contributed by atoms with Crippen LogP contribution in [0, 0.1) is 0 Å². The Hall–Kier alpha value is -1.62. The average molecular weight is 210 g/mol. The van der Waals surface area contributed by atoms with Gasteiger partial charge in [0.15, 0.2) is 5.11 Å². The van der Waals surface area contributed by atoms with Gasteiger partial charge in [-0.05, 0) is 29.9 Å². The number of aromatic carboxylic acids is 1. The lowest BCUT2D eigenvalue weighted by Gasteiger charge is -2.03. The van der Waals surface area contributed by atoms with E-state index >= 15 is 0 Å². The van der Waals surface area contributed by atoms with Gasteiger partial charge in [-0.1, -0.05) is 12.1 Å². The number of carboxylic acids is 1. The molecule has 0 amide bonds. The van der Waals surface area contributed by atoms with Crippen LogP contribution >= 0.6 is 12.2 Å². The first-order valence-corrected chi connectivity index (χ1v) is 4.36. The van der Waals surface area contributed by atoms with E-state index in [0.717, 1.165) is 5.56 Å². The Morgan fingerprint density at radius 2 is 2.00 bits per heavy atom. The van der Waals surface area contributed by atoms with Gasteiger partial charge in [0.2, 0.25) is 0 Å². The van der Waals surface area contributed by atoms with E-state index in [-0.39, 0.29) is 10.7 Å². The van der Waals surface area contributed by atoms with Crippen molar-refractivity contribution in [2.75, 3.05) is 0 Å². The zero-order valence-corrected chi connectivity index (χ0v) is 8.17. The van der Waals surface area contributed by atoms with Crippen molar-refractivity contribution in [3.63, 3.8) is 0 Å². The quantitative estimate of drug-likeness (QED) is 0.641. The predicted molar refractivity (Wildman–Crippen MR) is 57.0 cm³/mol. The minimum atomic E-state index is -0.932. The maximum atomic E-state index is 10.5. The van der Waals surface area contributed by atoms with Gasteiger partial charge >= 0.3 is 5.97 Å². The molecule has 0 fully saturated rings. The summed E-state index contributed by atoms with van der Waals surface area (Å²) in [6.45, 7) is 0.509. The molecule has 0 radical (unpaired) electrons. The van der Waals surface area contributed by atoms with Crippen molar-refractivity contribution in [2.45, 2.75) is 6.54 Å². The second kappa shape index (κ2) is 4.57. The van der Waals surface area contributed by atoms with Crippen molar-refractivity contribution in [1.82, 2.24) is 5.32 Å². The minimum absolute atomic E-state index is 0.229. The number of carbonyl (C=O) groups is 1. The Morgan fingerprint density at radius 1 is 1.43 bits per heavy atom. The second-order valence-corrected chi connectivity index (χ2v) is 3.16. The monoisotopic (exact) mass is 210 g/mol. The number of hydrogen-bond donors (Lipinski definition) is 3. The summed E-state index contributed by atoms with van der Waals surface area (Å²) in [4.78, 5) is 10.5. The first kappa shape index (κ1) is 10.5. The number of rotatable bonds is 3. The molecule has 0 heterocycles. The molecule has 0 aliphatic carbocycles. The third-order valence-electron chi connectivity index (χ3n) is 1.67. The fourth-order valence-corrected chi connectivity index (χ4v) is 1.03. The molecule has 0 spiro atoms. The van der Waals surface area contributed by atoms with Gasteiger partial charge < -0.3 is 16.2 Å². The maximum absolute atomic E-state index is 10.5. The molecule has 1 aromatic rings. The van der Waals surface area contributed by atoms with Crippen LogP contribution in [0.5, 0.6) is 0 Å². The van der Waals surface area contributed by atoms with Crippen LogP contribution in [0.2, 0.25) is 0 Å². The SMILES string of the molecule is NC(=S)NCc1ccc(C(=O)O)cc1. The van der Waals surface area contributed by atoms with Crippen molar-refractivity contribution in [1.29, 1.82) is 0 Å². The first-order chi connectivity index (χ1) is 6.59. The Balaban J connectivity index is 2.64. The van der Waals surface area contributed by atoms with Gasteiger partial charge in [0.25, 0.3) is 0 Å². The van der Waals surface area contributed by atoms with Crippen LogP contribution < -0.4 is 11.1 Å². The summed E-state index contributed by atoms with van der Waals surface area (Å²) in [5.74, 6) is -0.932. The summed E-state index contributed by atoms with van der Waals surface area (Å²) in [7, 11) is 0. The van der Waals surface area contributed by atoms with Gasteiger partial charge in [-0.3, -0.25) is 0 Å². The van der Waals surface area contributed by atoms with Crippen molar-refractivity contribution < 1.29 is 9.90 Å². The Bertz CT molecular complexity index is 348. The van der Waals surface area contributed by atoms with Gasteiger partial charge in [-0.15, -0.1) is 0 Å². The van der Waals surface area contributed by atoms with E-state index in [4.69, 9.17) is 10.8 Å². The van der Waals surface area contributed by atoms with E-state index < -0.39 is 5.97 Å². The van der Waals surface area contributed by atoms with Crippen molar-refractivity contribution in [3.05, 3.63) is 35.4 Å². The molecule has 0 aromatic heterocycles. The zero-order chi connectivity index (χ0) is 10.6. The summed E-state index contributed by atoms with van der Waals surface area (Å²) >= 11 is 4.63. The van der Waals surface area contributed by atoms with Crippen LogP contribution in [-0.4, -0.2) is 16.2 Å². The molecule has 0 aliphatic heterocycles. The van der Waals surface area contributed by atoms with E-state index in [1.165, 1.54) is 0 Å². The lowest BCUT2D eigenvalue weighted by molar-refractivity contribution is 0.0697. The van der Waals surface area contributed by atoms with Crippen LogP contribution in [-0.2, 0) is 6.54 Å². The molecule has 74 valence electrons. The normalized spacial score (nSPS) is 9.43. The fraction of sp³-hybridized carbons (Fsp3) is 0.111. The highest BCUT2D eigenvalue weighted by atomic mass is 32.1. The Morgan fingerprint density at radius 3 is 2.43 bits per heavy atom. The van der Waals surface area contributed by atoms with Crippen LogP contribution in [0.25, 0.3) is 0 Å². The molecule has 0 bridgehead atoms. The van der Waals surface area contributed by atoms with Gasteiger partial charge in [0, 0.05) is 6.54 Å². The summed E-state index contributed by atoms with van der Waals surface area (Å²) in [5.41, 5.74) is 6.45. The smallest absolute Gasteiger partial charge is 0.335 e. The summed E-state index contributed by atoms with van der Waals surface area (Å²) in [6.07, 6.45) is 0. The van der Waals surface area contributed by atoms with E-state index in [9.17, 15) is 4.79 Å². The zero-order valence-electron chi connectivity index (χ0n) is 7.36. The lowest BCUT2D eigenvalue weighted by atomic mass is 10.1. The minimum Gasteiger partial charge on any atom is -0.478 e. The number of nitrogens with one attached hydrogen (secondary N) is 1. The van der Waals surface area contributed by atoms with Gasteiger partial charge in [0.05, 0.1) is 5.56 Å². The van der Waals surface area contributed by atoms with E-state index in [2.05, 4.69) is 17.5 Å². The Kier molecular flexibility index (Phi) is 3.41. The molecule has 1 rings (SSSR count). The van der Waals surface area contributed by atoms with Crippen molar-refractivity contribution >= 4 is 23.3 Å². The van der Waals surface area contributed by atoms with E-state index in [0.29, 0.717) is 6.54 Å². The molecular weight excluding hydrogens is 200 g/mol. The fourth-order valence-electron chi connectivity index (χ4n) is 0.954. The number of carboxylic acid groups (broad SMARTS) is 1. The molecule has 0 unspecified atom stereocenters. The third kappa shape index (κ3) is 3.02. The molecule has 0 aliphatic rings. The molecule has 0 atom stereocenters. The molecule has 0 saturated heterocycles. The first-order valence-electron chi connectivity index (χ1n) is 3.95. The average Bonchev–Trinajstić information content (AvgIpc) is 2.15. The van der Waals surface area contributed by atoms with Gasteiger partial charge in [-0.2, -0.15) is 0 Å². The lowest BCUT2D eigenvalue weighted by Crippen LogP contribution is -2.28. The predicted octanol–water partition coefficient (Wildman–Crippen LogP) is 0.718. The topological polar surface area (TPSA) is 75.3 Å². The highest BCUT2D eigenvalue weighted by molar-refractivity contribution is 7.80. The highest BCUT2D eigenvalue weighted by Crippen LogP contribution is 2.03. The highest BCUT2D eigenvalue weighted by Gasteiger charge is 2.01. The van der Waals surface area contributed by atoms with Crippen molar-refractivity contribution in [3.8, 4) is 0 Å². The molecular formula is C9H10N2O2S. The van der Waals surface area contributed by atoms with E-state index in [1.807, 2.05) is 0 Å². The second-order valence-electron chi connectivity index (χ2n) is 2.72. The van der Waals surface area contributed by atoms with Gasteiger partial charge in [-0.25, -0.2) is 4.79 Å². The molecule has 4 nitrogen and oxygen atoms in total. The largest absolute Gasteiger partial charge is 0.478 e.